The van der Waals surface area contributed by atoms with Crippen LogP contribution in [0.3, 0.4) is 0 Å². The monoisotopic (exact) mass is 485 g/mol. The van der Waals surface area contributed by atoms with E-state index in [4.69, 9.17) is 9.47 Å². The molecule has 0 aliphatic carbocycles. The molecular formula is C25H29F2N5O3. The van der Waals surface area contributed by atoms with E-state index in [1.807, 2.05) is 0 Å². The topological polar surface area (TPSA) is 97.4 Å². The van der Waals surface area contributed by atoms with Crippen LogP contribution in [0.2, 0.25) is 0 Å². The molecule has 1 saturated heterocycles. The van der Waals surface area contributed by atoms with Gasteiger partial charge >= 0.3 is 6.03 Å². The molecule has 186 valence electrons. The lowest BCUT2D eigenvalue weighted by molar-refractivity contribution is 0.0679. The summed E-state index contributed by atoms with van der Waals surface area (Å²) in [7, 11) is 0. The molecule has 1 aliphatic heterocycles. The van der Waals surface area contributed by atoms with E-state index in [1.165, 1.54) is 26.2 Å². The van der Waals surface area contributed by atoms with Crippen LogP contribution in [-0.4, -0.2) is 47.5 Å². The van der Waals surface area contributed by atoms with Crippen LogP contribution in [0.5, 0.6) is 5.75 Å². The molecule has 2 aromatic carbocycles. The number of nitrogens with zero attached hydrogens (tertiary/aromatic N) is 2. The van der Waals surface area contributed by atoms with Crippen LogP contribution in [-0.2, 0) is 4.74 Å². The number of rotatable bonds is 9. The summed E-state index contributed by atoms with van der Waals surface area (Å²) < 4.78 is 39.7. The van der Waals surface area contributed by atoms with Crippen molar-refractivity contribution in [1.82, 2.24) is 15.3 Å². The maximum atomic E-state index is 15.0. The predicted molar refractivity (Wildman–Crippen MR) is 131 cm³/mol. The van der Waals surface area contributed by atoms with Crippen molar-refractivity contribution in [2.24, 2.45) is 0 Å². The Morgan fingerprint density at radius 3 is 2.69 bits per heavy atom. The van der Waals surface area contributed by atoms with Crippen molar-refractivity contribution >= 4 is 34.1 Å². The molecule has 3 N–H and O–H groups in total. The summed E-state index contributed by atoms with van der Waals surface area (Å²) in [4.78, 5) is 20.4. The molecule has 35 heavy (non-hydrogen) atoms. The summed E-state index contributed by atoms with van der Waals surface area (Å²) in [5.41, 5.74) is 0.272. The van der Waals surface area contributed by atoms with Gasteiger partial charge in [0.1, 0.15) is 36.0 Å². The summed E-state index contributed by atoms with van der Waals surface area (Å²) in [5, 5.41) is 8.64. The van der Waals surface area contributed by atoms with Crippen LogP contribution < -0.4 is 20.7 Å². The number of nitrogens with one attached hydrogen (secondary N) is 3. The van der Waals surface area contributed by atoms with E-state index in [1.54, 1.807) is 30.3 Å². The Morgan fingerprint density at radius 2 is 1.97 bits per heavy atom. The SMILES string of the molecule is CC(C)(F)CCNC(=O)Nc1ccc(Nc2ncnc3cc(OC[C@H]4CCCO4)cc(F)c23)cc1. The number of anilines is 3. The number of halogens is 2. The van der Waals surface area contributed by atoms with E-state index < -0.39 is 17.5 Å². The first kappa shape index (κ1) is 24.6. The summed E-state index contributed by atoms with van der Waals surface area (Å²) in [6, 6.07) is 9.42. The standard InChI is InChI=1S/C25H29F2N5O3/c1-25(2,27)9-10-28-24(33)32-17-7-5-16(6-8-17)31-23-22-20(26)12-19(13-21(22)29-15-30-23)35-14-18-4-3-11-34-18/h5-8,12-13,15,18H,3-4,9-11,14H2,1-2H3,(H2,28,32,33)(H,29,30,31)/t18-/m1/s1. The number of carbonyl (C=O) groups is 1. The molecule has 1 aromatic heterocycles. The highest BCUT2D eigenvalue weighted by atomic mass is 19.1. The van der Waals surface area contributed by atoms with Crippen molar-refractivity contribution in [2.75, 3.05) is 30.4 Å². The van der Waals surface area contributed by atoms with Gasteiger partial charge in [0.2, 0.25) is 0 Å². The van der Waals surface area contributed by atoms with Gasteiger partial charge in [-0.2, -0.15) is 0 Å². The van der Waals surface area contributed by atoms with Gasteiger partial charge in [0.05, 0.1) is 17.0 Å². The van der Waals surface area contributed by atoms with Crippen LogP contribution >= 0.6 is 0 Å². The molecule has 0 unspecified atom stereocenters. The van der Waals surface area contributed by atoms with Gasteiger partial charge in [0, 0.05) is 36.7 Å². The van der Waals surface area contributed by atoms with Crippen LogP contribution in [0, 0.1) is 5.82 Å². The minimum Gasteiger partial charge on any atom is -0.491 e. The Morgan fingerprint density at radius 1 is 1.20 bits per heavy atom. The Hall–Kier alpha value is -3.53. The van der Waals surface area contributed by atoms with Gasteiger partial charge in [0.25, 0.3) is 0 Å². The lowest BCUT2D eigenvalue weighted by Crippen LogP contribution is -2.32. The molecular weight excluding hydrogens is 456 g/mol. The number of alkyl halides is 1. The third kappa shape index (κ3) is 6.98. The molecule has 10 heteroatoms. The van der Waals surface area contributed by atoms with Gasteiger partial charge < -0.3 is 25.4 Å². The summed E-state index contributed by atoms with van der Waals surface area (Å²) >= 11 is 0. The van der Waals surface area contributed by atoms with Crippen LogP contribution in [0.1, 0.15) is 33.1 Å². The van der Waals surface area contributed by atoms with Gasteiger partial charge in [-0.25, -0.2) is 23.5 Å². The normalized spacial score (nSPS) is 15.7. The van der Waals surface area contributed by atoms with Crippen molar-refractivity contribution < 1.29 is 23.0 Å². The maximum Gasteiger partial charge on any atom is 0.319 e. The molecule has 1 atom stereocenters. The second-order valence-corrected chi connectivity index (χ2v) is 9.02. The number of amides is 2. The molecule has 0 radical (unpaired) electrons. The van der Waals surface area contributed by atoms with E-state index in [2.05, 4.69) is 25.9 Å². The van der Waals surface area contributed by atoms with Crippen molar-refractivity contribution in [2.45, 2.75) is 44.9 Å². The number of benzene rings is 2. The van der Waals surface area contributed by atoms with Crippen LogP contribution in [0.4, 0.5) is 30.8 Å². The smallest absolute Gasteiger partial charge is 0.319 e. The Balaban J connectivity index is 1.39. The first-order chi connectivity index (χ1) is 16.8. The summed E-state index contributed by atoms with van der Waals surface area (Å²) in [6.45, 7) is 4.25. The van der Waals surface area contributed by atoms with Gasteiger partial charge in [-0.1, -0.05) is 0 Å². The second kappa shape index (κ2) is 10.8. The van der Waals surface area contributed by atoms with Gasteiger partial charge in [-0.05, 0) is 57.4 Å². The van der Waals surface area contributed by atoms with E-state index in [0.717, 1.165) is 19.4 Å². The van der Waals surface area contributed by atoms with Crippen molar-refractivity contribution in [3.63, 3.8) is 0 Å². The first-order valence-corrected chi connectivity index (χ1v) is 11.6. The quantitative estimate of drug-likeness (QED) is 0.379. The van der Waals surface area contributed by atoms with Gasteiger partial charge in [-0.15, -0.1) is 0 Å². The maximum absolute atomic E-state index is 15.0. The lowest BCUT2D eigenvalue weighted by atomic mass is 10.1. The third-order valence-corrected chi connectivity index (χ3v) is 5.53. The van der Waals surface area contributed by atoms with Crippen LogP contribution in [0.25, 0.3) is 10.9 Å². The number of aromatic nitrogens is 2. The number of urea groups is 1. The molecule has 0 spiro atoms. The number of ether oxygens (including phenoxy) is 2. The zero-order valence-corrected chi connectivity index (χ0v) is 19.7. The first-order valence-electron chi connectivity index (χ1n) is 11.6. The van der Waals surface area contributed by atoms with Gasteiger partial charge in [0.15, 0.2) is 0 Å². The highest BCUT2D eigenvalue weighted by molar-refractivity contribution is 5.92. The zero-order chi connectivity index (χ0) is 24.8. The Kier molecular flexibility index (Phi) is 7.60. The molecule has 4 rings (SSSR count). The zero-order valence-electron chi connectivity index (χ0n) is 19.7. The number of fused-ring (bicyclic) bond motifs is 1. The number of carbonyl (C=O) groups excluding carboxylic acids is 1. The predicted octanol–water partition coefficient (Wildman–Crippen LogP) is 5.33. The van der Waals surface area contributed by atoms with E-state index in [9.17, 15) is 13.6 Å². The minimum atomic E-state index is -1.34. The molecule has 0 bridgehead atoms. The fourth-order valence-corrected chi connectivity index (χ4v) is 3.68. The summed E-state index contributed by atoms with van der Waals surface area (Å²) in [5.74, 6) is 0.198. The van der Waals surface area contributed by atoms with E-state index in [-0.39, 0.29) is 24.5 Å². The molecule has 0 saturated carbocycles. The summed E-state index contributed by atoms with van der Waals surface area (Å²) in [6.07, 6.45) is 3.54. The fraction of sp³-hybridized carbons (Fsp3) is 0.400. The van der Waals surface area contributed by atoms with Crippen molar-refractivity contribution in [1.29, 1.82) is 0 Å². The van der Waals surface area contributed by atoms with E-state index >= 15 is 0 Å². The van der Waals surface area contributed by atoms with E-state index in [0.29, 0.717) is 35.1 Å². The lowest BCUT2D eigenvalue weighted by Gasteiger charge is -2.15. The Bertz CT molecular complexity index is 1160. The third-order valence-electron chi connectivity index (χ3n) is 5.53. The Labute approximate surface area is 202 Å². The number of hydrogen-bond acceptors (Lipinski definition) is 6. The second-order valence-electron chi connectivity index (χ2n) is 9.02. The molecule has 3 aromatic rings. The molecule has 1 aliphatic rings. The number of hydrogen-bond donors (Lipinski definition) is 3. The largest absolute Gasteiger partial charge is 0.491 e. The van der Waals surface area contributed by atoms with Crippen LogP contribution in [0.15, 0.2) is 42.7 Å². The van der Waals surface area contributed by atoms with Crippen molar-refractivity contribution in [3.8, 4) is 5.75 Å². The highest BCUT2D eigenvalue weighted by Gasteiger charge is 2.18. The average Bonchev–Trinajstić information content (AvgIpc) is 3.32. The molecule has 8 nitrogen and oxygen atoms in total. The van der Waals surface area contributed by atoms with Crippen molar-refractivity contribution in [3.05, 3.63) is 48.5 Å². The molecule has 2 amide bonds. The molecule has 1 fully saturated rings. The minimum absolute atomic E-state index is 0.0298. The average molecular weight is 486 g/mol. The van der Waals surface area contributed by atoms with Gasteiger partial charge in [-0.3, -0.25) is 0 Å². The fourth-order valence-electron chi connectivity index (χ4n) is 3.68. The highest BCUT2D eigenvalue weighted by Crippen LogP contribution is 2.30. The molecule has 2 heterocycles.